The molecule has 0 bridgehead atoms. The van der Waals surface area contributed by atoms with Crippen LogP contribution in [0.4, 0.5) is 0 Å². The normalized spacial score (nSPS) is 22.7. The van der Waals surface area contributed by atoms with Gasteiger partial charge in [-0.05, 0) is 82.9 Å². The summed E-state index contributed by atoms with van der Waals surface area (Å²) >= 11 is 0. The number of hydrogen-bond acceptors (Lipinski definition) is 5. The Balaban J connectivity index is 0.000000212. The van der Waals surface area contributed by atoms with Gasteiger partial charge in [0.1, 0.15) is 5.75 Å². The van der Waals surface area contributed by atoms with E-state index in [1.807, 2.05) is 49.1 Å². The zero-order chi connectivity index (χ0) is 27.8. The highest BCUT2D eigenvalue weighted by Gasteiger charge is 2.61. The zero-order valence-electron chi connectivity index (χ0n) is 24.2. The van der Waals surface area contributed by atoms with Gasteiger partial charge in [0.05, 0.1) is 18.1 Å². The number of methoxy groups -OCH3 is 1. The summed E-state index contributed by atoms with van der Waals surface area (Å²) in [4.78, 5) is 16.8. The molecule has 210 valence electrons. The fourth-order valence-corrected chi connectivity index (χ4v) is 6.18. The van der Waals surface area contributed by atoms with Gasteiger partial charge in [0.25, 0.3) is 0 Å². The summed E-state index contributed by atoms with van der Waals surface area (Å²) in [6.07, 6.45) is 6.24. The van der Waals surface area contributed by atoms with Gasteiger partial charge >= 0.3 is 0 Å². The van der Waals surface area contributed by atoms with Crippen molar-refractivity contribution in [3.05, 3.63) is 65.7 Å². The van der Waals surface area contributed by atoms with Crippen LogP contribution in [0.2, 0.25) is 0 Å². The number of carbonyl (C=O) groups excluding carboxylic acids is 1. The number of rotatable bonds is 10. The lowest BCUT2D eigenvalue weighted by Crippen LogP contribution is -2.42. The highest BCUT2D eigenvalue weighted by Crippen LogP contribution is 2.54. The van der Waals surface area contributed by atoms with E-state index in [4.69, 9.17) is 10.5 Å². The van der Waals surface area contributed by atoms with Crippen molar-refractivity contribution in [2.75, 3.05) is 47.4 Å². The third-order valence-electron chi connectivity index (χ3n) is 8.54. The Kier molecular flexibility index (Phi) is 10.8. The second-order valence-corrected chi connectivity index (χ2v) is 11.2. The van der Waals surface area contributed by atoms with Crippen LogP contribution in [0.5, 0.6) is 5.75 Å². The second-order valence-electron chi connectivity index (χ2n) is 11.2. The minimum Gasteiger partial charge on any atom is -0.497 e. The van der Waals surface area contributed by atoms with E-state index in [9.17, 15) is 9.90 Å². The van der Waals surface area contributed by atoms with Crippen molar-refractivity contribution in [3.63, 3.8) is 0 Å². The number of nitrogens with zero attached hydrogens (tertiary/aromatic N) is 2. The van der Waals surface area contributed by atoms with Crippen molar-refractivity contribution >= 4 is 5.91 Å². The maximum Gasteiger partial charge on any atom is 0.233 e. The maximum atomic E-state index is 12.7. The topological polar surface area (TPSA) is 79.0 Å². The third kappa shape index (κ3) is 6.77. The first-order valence-electron chi connectivity index (χ1n) is 14.3. The molecule has 6 heteroatoms. The number of nitrogens with two attached hydrogens (primary N) is 1. The highest BCUT2D eigenvalue weighted by molar-refractivity contribution is 5.92. The van der Waals surface area contributed by atoms with Crippen molar-refractivity contribution < 1.29 is 14.6 Å². The van der Waals surface area contributed by atoms with Crippen LogP contribution in [0.25, 0.3) is 0 Å². The van der Waals surface area contributed by atoms with Crippen LogP contribution >= 0.6 is 0 Å². The molecule has 2 aromatic carbocycles. The Hall–Kier alpha value is -2.41. The molecule has 0 heterocycles. The third-order valence-corrected chi connectivity index (χ3v) is 8.54. The van der Waals surface area contributed by atoms with Crippen molar-refractivity contribution in [1.29, 1.82) is 0 Å². The molecule has 1 unspecified atom stereocenters. The molecule has 0 radical (unpaired) electrons. The van der Waals surface area contributed by atoms with E-state index in [1.165, 1.54) is 12.0 Å². The Morgan fingerprint density at radius 3 is 2.11 bits per heavy atom. The summed E-state index contributed by atoms with van der Waals surface area (Å²) in [6, 6.07) is 18.3. The minimum absolute atomic E-state index is 0.170. The lowest BCUT2D eigenvalue weighted by atomic mass is 9.72. The summed E-state index contributed by atoms with van der Waals surface area (Å²) in [5, 5.41) is 11.1. The molecule has 6 nitrogen and oxygen atoms in total. The molecule has 2 aliphatic carbocycles. The van der Waals surface area contributed by atoms with Crippen LogP contribution in [-0.2, 0) is 10.2 Å². The van der Waals surface area contributed by atoms with Gasteiger partial charge in [-0.25, -0.2) is 0 Å². The summed E-state index contributed by atoms with van der Waals surface area (Å²) in [7, 11) is 5.83. The SMILES string of the molecule is CCN(CC)C(=O)[C@]1(c2ccccc2)C[C@@H]1CN.COc1ccc(C(CN(C)C)C2(O)CCCCC2)cc1. The molecule has 2 fully saturated rings. The molecule has 0 aromatic heterocycles. The first kappa shape index (κ1) is 30.1. The van der Waals surface area contributed by atoms with Crippen molar-refractivity contribution in [2.45, 2.75) is 69.3 Å². The molecule has 3 N–H and O–H groups in total. The number of hydrogen-bond donors (Lipinski definition) is 2. The van der Waals surface area contributed by atoms with Crippen LogP contribution in [0.3, 0.4) is 0 Å². The lowest BCUT2D eigenvalue weighted by Gasteiger charge is -2.40. The van der Waals surface area contributed by atoms with E-state index in [1.54, 1.807) is 7.11 Å². The van der Waals surface area contributed by atoms with E-state index in [0.717, 1.165) is 63.1 Å². The Morgan fingerprint density at radius 2 is 1.63 bits per heavy atom. The zero-order valence-corrected chi connectivity index (χ0v) is 24.2. The van der Waals surface area contributed by atoms with Gasteiger partial charge in [-0.2, -0.15) is 0 Å². The molecular formula is C32H49N3O3. The number of ether oxygens (including phenoxy) is 1. The van der Waals surface area contributed by atoms with Crippen molar-refractivity contribution in [3.8, 4) is 5.75 Å². The largest absolute Gasteiger partial charge is 0.497 e. The number of carbonyl (C=O) groups is 1. The van der Waals surface area contributed by atoms with Crippen molar-refractivity contribution in [2.24, 2.45) is 11.7 Å². The first-order chi connectivity index (χ1) is 18.2. The van der Waals surface area contributed by atoms with Crippen LogP contribution in [0.1, 0.15) is 69.4 Å². The monoisotopic (exact) mass is 523 g/mol. The summed E-state index contributed by atoms with van der Waals surface area (Å²) in [6.45, 7) is 7.05. The van der Waals surface area contributed by atoms with Crippen molar-refractivity contribution in [1.82, 2.24) is 9.80 Å². The van der Waals surface area contributed by atoms with Gasteiger partial charge < -0.3 is 25.4 Å². The maximum absolute atomic E-state index is 12.7. The number of aliphatic hydroxyl groups is 1. The van der Waals surface area contributed by atoms with E-state index in [0.29, 0.717) is 12.5 Å². The predicted octanol–water partition coefficient (Wildman–Crippen LogP) is 4.81. The number of benzene rings is 2. The van der Waals surface area contributed by atoms with E-state index in [-0.39, 0.29) is 17.2 Å². The van der Waals surface area contributed by atoms with E-state index < -0.39 is 5.60 Å². The van der Waals surface area contributed by atoms with Crippen LogP contribution < -0.4 is 10.5 Å². The van der Waals surface area contributed by atoms with E-state index in [2.05, 4.69) is 43.3 Å². The average Bonchev–Trinajstić information content (AvgIpc) is 3.70. The summed E-state index contributed by atoms with van der Waals surface area (Å²) < 4.78 is 5.23. The quantitative estimate of drug-likeness (QED) is 0.467. The van der Waals surface area contributed by atoms with Crippen LogP contribution in [-0.4, -0.2) is 73.8 Å². The predicted molar refractivity (Wildman–Crippen MR) is 156 cm³/mol. The molecule has 2 saturated carbocycles. The molecule has 2 aromatic rings. The van der Waals surface area contributed by atoms with Gasteiger partial charge in [0, 0.05) is 25.6 Å². The summed E-state index contributed by atoms with van der Waals surface area (Å²) in [5.41, 5.74) is 7.23. The molecular weight excluding hydrogens is 474 g/mol. The van der Waals surface area contributed by atoms with Gasteiger partial charge in [0.2, 0.25) is 5.91 Å². The van der Waals surface area contributed by atoms with Gasteiger partial charge in [-0.15, -0.1) is 0 Å². The molecule has 2 aliphatic rings. The van der Waals surface area contributed by atoms with Gasteiger partial charge in [0.15, 0.2) is 0 Å². The van der Waals surface area contributed by atoms with Gasteiger partial charge in [-0.3, -0.25) is 4.79 Å². The number of amides is 1. The van der Waals surface area contributed by atoms with Gasteiger partial charge in [-0.1, -0.05) is 61.7 Å². The fraction of sp³-hybridized carbons (Fsp3) is 0.594. The molecule has 0 saturated heterocycles. The molecule has 3 atom stereocenters. The fourth-order valence-electron chi connectivity index (χ4n) is 6.18. The Bertz CT molecular complexity index is 985. The molecule has 0 aliphatic heterocycles. The average molecular weight is 524 g/mol. The number of likely N-dealkylation sites (N-methyl/N-ethyl adjacent to an activating group) is 2. The molecule has 1 amide bonds. The van der Waals surface area contributed by atoms with Crippen LogP contribution in [0, 0.1) is 5.92 Å². The minimum atomic E-state index is -0.558. The molecule has 0 spiro atoms. The lowest BCUT2D eigenvalue weighted by molar-refractivity contribution is -0.134. The molecule has 38 heavy (non-hydrogen) atoms. The highest BCUT2D eigenvalue weighted by atomic mass is 16.5. The Morgan fingerprint density at radius 1 is 1.03 bits per heavy atom. The second kappa shape index (κ2) is 13.6. The Labute approximate surface area is 230 Å². The smallest absolute Gasteiger partial charge is 0.233 e. The van der Waals surface area contributed by atoms with Crippen LogP contribution in [0.15, 0.2) is 54.6 Å². The summed E-state index contributed by atoms with van der Waals surface area (Å²) in [5.74, 6) is 1.58. The molecule has 4 rings (SSSR count). The van der Waals surface area contributed by atoms with E-state index >= 15 is 0 Å². The standard InChI is InChI=1S/C17H27NO2.C15H22N2O/c1-18(2)13-16(17(19)11-5-4-6-12-17)14-7-9-15(20-3)10-8-14;1-3-17(4-2)14(18)15(10-13(15)11-16)12-8-6-5-7-9-12/h7-10,16,19H,4-6,11-13H2,1-3H3;5-9,13H,3-4,10-11,16H2,1-2H3/t;13-,15+/m.1/s1. The first-order valence-corrected chi connectivity index (χ1v) is 14.3.